The first kappa shape index (κ1) is 10.5. The number of hydrogen-bond acceptors (Lipinski definition) is 2. The van der Waals surface area contributed by atoms with Crippen molar-refractivity contribution in [2.75, 3.05) is 0 Å². The van der Waals surface area contributed by atoms with Crippen molar-refractivity contribution in [3.8, 4) is 0 Å². The average molecular weight is 235 g/mol. The van der Waals surface area contributed by atoms with Gasteiger partial charge in [-0.25, -0.2) is 0 Å². The normalized spacial score (nSPS) is 11.8. The number of hydrogen-bond donors (Lipinski definition) is 0. The van der Waals surface area contributed by atoms with E-state index in [0.29, 0.717) is 0 Å². The topological polar surface area (TPSA) is 25.8 Å². The summed E-state index contributed by atoms with van der Waals surface area (Å²) in [5.74, 6) is -4.62. The first-order chi connectivity index (χ1) is 5.82. The summed E-state index contributed by atoms with van der Waals surface area (Å²) in [6.07, 6.45) is 0. The van der Waals surface area contributed by atoms with Gasteiger partial charge in [-0.05, 0) is 11.6 Å². The molecule has 0 fully saturated rings. The number of halogens is 6. The van der Waals surface area contributed by atoms with E-state index in [2.05, 4.69) is 21.6 Å². The highest BCUT2D eigenvalue weighted by molar-refractivity contribution is 6.30. The van der Waals surface area contributed by atoms with Gasteiger partial charge in [-0.2, -0.15) is 27.5 Å². The first-order valence-corrected chi connectivity index (χ1v) is 3.53. The van der Waals surface area contributed by atoms with Gasteiger partial charge in [0, 0.05) is 0 Å². The fourth-order valence-electron chi connectivity index (χ4n) is 0.521. The number of nitrogens with zero attached hydrogens (tertiary/aromatic N) is 2. The van der Waals surface area contributed by atoms with Gasteiger partial charge in [0.2, 0.25) is 17.7 Å². The molecule has 2 nitrogen and oxygen atoms in total. The molecular weight excluding hydrogens is 235 g/mol. The molecule has 0 aliphatic carbocycles. The molecule has 0 unspecified atom stereocenters. The fraction of sp³-hybridized carbons (Fsp3) is 0.200. The Hall–Kier alpha value is -0.620. The van der Waals surface area contributed by atoms with Crippen LogP contribution in [0.2, 0.25) is 5.02 Å². The van der Waals surface area contributed by atoms with Crippen LogP contribution in [-0.4, -0.2) is 9.97 Å². The van der Waals surface area contributed by atoms with Gasteiger partial charge in [0.25, 0.3) is 0 Å². The molecule has 0 aromatic carbocycles. The van der Waals surface area contributed by atoms with Crippen LogP contribution in [0.15, 0.2) is 0 Å². The summed E-state index contributed by atoms with van der Waals surface area (Å²) in [6, 6.07) is 0. The molecule has 72 valence electrons. The lowest BCUT2D eigenvalue weighted by Crippen LogP contribution is -2.12. The third-order valence-corrected chi connectivity index (χ3v) is 1.50. The summed E-state index contributed by atoms with van der Waals surface area (Å²) >= 11 is 9.36. The Bertz CT molecular complexity index is 315. The lowest BCUT2D eigenvalue weighted by molar-refractivity contribution is 0.0819. The van der Waals surface area contributed by atoms with E-state index in [9.17, 15) is 17.6 Å². The maximum absolute atomic E-state index is 12.5. The molecule has 0 radical (unpaired) electrons. The highest BCUT2D eigenvalue weighted by Gasteiger charge is 2.34. The summed E-state index contributed by atoms with van der Waals surface area (Å²) in [4.78, 5) is 5.15. The molecule has 0 saturated carbocycles. The maximum Gasteiger partial charge on any atom is 0.381 e. The van der Waals surface area contributed by atoms with E-state index >= 15 is 0 Å². The second kappa shape index (κ2) is 3.26. The third-order valence-electron chi connectivity index (χ3n) is 1.02. The molecule has 1 aromatic rings. The van der Waals surface area contributed by atoms with Gasteiger partial charge in [-0.1, -0.05) is 11.6 Å². The molecule has 0 spiro atoms. The van der Waals surface area contributed by atoms with Crippen LogP contribution in [-0.2, 0) is 5.38 Å². The van der Waals surface area contributed by atoms with Crippen molar-refractivity contribution >= 4 is 23.2 Å². The molecule has 0 aliphatic rings. The predicted octanol–water partition coefficient (Wildman–Crippen LogP) is 2.70. The van der Waals surface area contributed by atoms with E-state index in [0.717, 1.165) is 0 Å². The minimum Gasteiger partial charge on any atom is -0.195 e. The predicted molar refractivity (Wildman–Crippen MR) is 36.7 cm³/mol. The molecule has 13 heavy (non-hydrogen) atoms. The van der Waals surface area contributed by atoms with E-state index in [1.54, 1.807) is 0 Å². The zero-order valence-corrected chi connectivity index (χ0v) is 7.17. The minimum absolute atomic E-state index is 1.05. The van der Waals surface area contributed by atoms with E-state index in [-0.39, 0.29) is 0 Å². The van der Waals surface area contributed by atoms with Gasteiger partial charge >= 0.3 is 5.38 Å². The van der Waals surface area contributed by atoms with Crippen LogP contribution in [0.1, 0.15) is 5.82 Å². The van der Waals surface area contributed by atoms with Gasteiger partial charge in [0.15, 0.2) is 5.02 Å². The molecule has 0 bridgehead atoms. The highest BCUT2D eigenvalue weighted by Crippen LogP contribution is 2.30. The highest BCUT2D eigenvalue weighted by atomic mass is 35.5. The Labute approximate surface area is 79.5 Å². The van der Waals surface area contributed by atoms with E-state index in [4.69, 9.17) is 11.6 Å². The Balaban J connectivity index is 3.29. The van der Waals surface area contributed by atoms with Crippen molar-refractivity contribution < 1.29 is 17.6 Å². The molecule has 1 aromatic heterocycles. The lowest BCUT2D eigenvalue weighted by atomic mass is 10.5. The Kier molecular flexibility index (Phi) is 2.63. The molecule has 0 saturated heterocycles. The lowest BCUT2D eigenvalue weighted by Gasteiger charge is -2.05. The van der Waals surface area contributed by atoms with Crippen molar-refractivity contribution in [2.45, 2.75) is 5.38 Å². The van der Waals surface area contributed by atoms with Crippen molar-refractivity contribution in [1.82, 2.24) is 9.97 Å². The summed E-state index contributed by atoms with van der Waals surface area (Å²) in [5.41, 5.74) is 0. The summed E-state index contributed by atoms with van der Waals surface area (Å²) in [7, 11) is 0. The summed E-state index contributed by atoms with van der Waals surface area (Å²) < 4.78 is 49.3. The zero-order valence-electron chi connectivity index (χ0n) is 5.66. The van der Waals surface area contributed by atoms with Crippen molar-refractivity contribution in [2.24, 2.45) is 0 Å². The van der Waals surface area contributed by atoms with Crippen LogP contribution >= 0.6 is 23.2 Å². The van der Waals surface area contributed by atoms with Crippen LogP contribution in [0.4, 0.5) is 17.6 Å². The van der Waals surface area contributed by atoms with E-state index in [1.807, 2.05) is 0 Å². The minimum atomic E-state index is -4.02. The molecule has 0 atom stereocenters. The van der Waals surface area contributed by atoms with E-state index < -0.39 is 28.1 Å². The van der Waals surface area contributed by atoms with Crippen LogP contribution in [0.5, 0.6) is 0 Å². The molecule has 1 rings (SSSR count). The Morgan fingerprint density at radius 2 is 1.46 bits per heavy atom. The van der Waals surface area contributed by atoms with Gasteiger partial charge in [-0.15, -0.1) is 0 Å². The van der Waals surface area contributed by atoms with Crippen molar-refractivity contribution in [1.29, 1.82) is 0 Å². The van der Waals surface area contributed by atoms with Crippen molar-refractivity contribution in [3.63, 3.8) is 0 Å². The number of rotatable bonds is 1. The molecule has 0 aliphatic heterocycles. The van der Waals surface area contributed by atoms with Gasteiger partial charge in [-0.3, -0.25) is 0 Å². The van der Waals surface area contributed by atoms with E-state index in [1.165, 1.54) is 0 Å². The quantitative estimate of drug-likeness (QED) is 0.424. The molecule has 8 heteroatoms. The van der Waals surface area contributed by atoms with Crippen LogP contribution in [0, 0.1) is 11.9 Å². The Morgan fingerprint density at radius 3 is 1.77 bits per heavy atom. The average Bonchev–Trinajstić information content (AvgIpc) is 1.97. The smallest absolute Gasteiger partial charge is 0.195 e. The first-order valence-electron chi connectivity index (χ1n) is 2.78. The van der Waals surface area contributed by atoms with Crippen LogP contribution < -0.4 is 0 Å². The molecule has 0 N–H and O–H groups in total. The summed E-state index contributed by atoms with van der Waals surface area (Å²) in [6.45, 7) is 0. The van der Waals surface area contributed by atoms with Crippen LogP contribution in [0.3, 0.4) is 0 Å². The maximum atomic E-state index is 12.5. The molecular formula is C5Cl2F4N2. The molecule has 0 amide bonds. The SMILES string of the molecule is Fc1nc(C(F)(F)Cl)nc(F)c1Cl. The third kappa shape index (κ3) is 2.19. The van der Waals surface area contributed by atoms with Gasteiger partial charge < -0.3 is 0 Å². The standard InChI is InChI=1S/C5Cl2F4N2/c6-1-2(8)12-4(5(7,10)11)13-3(1)9. The Morgan fingerprint density at radius 1 is 1.08 bits per heavy atom. The summed E-state index contributed by atoms with van der Waals surface area (Å²) in [5, 5.41) is -5.07. The second-order valence-electron chi connectivity index (χ2n) is 1.94. The largest absolute Gasteiger partial charge is 0.381 e. The van der Waals surface area contributed by atoms with Crippen molar-refractivity contribution in [3.05, 3.63) is 22.7 Å². The second-order valence-corrected chi connectivity index (χ2v) is 2.79. The molecule has 1 heterocycles. The zero-order chi connectivity index (χ0) is 10.2. The number of alkyl halides is 3. The number of aromatic nitrogens is 2. The monoisotopic (exact) mass is 234 g/mol. The van der Waals surface area contributed by atoms with Gasteiger partial charge in [0.1, 0.15) is 0 Å². The van der Waals surface area contributed by atoms with Gasteiger partial charge in [0.05, 0.1) is 0 Å². The van der Waals surface area contributed by atoms with Crippen LogP contribution in [0.25, 0.3) is 0 Å². The fourth-order valence-corrected chi connectivity index (χ4v) is 0.690.